The lowest BCUT2D eigenvalue weighted by Gasteiger charge is -2.41. The molecule has 1 unspecified atom stereocenters. The first-order valence-corrected chi connectivity index (χ1v) is 5.78. The van der Waals surface area contributed by atoms with Crippen LogP contribution in [0.3, 0.4) is 0 Å². The molecule has 0 aromatic heterocycles. The summed E-state index contributed by atoms with van der Waals surface area (Å²) in [7, 11) is 0. The van der Waals surface area contributed by atoms with Crippen molar-refractivity contribution in [2.45, 2.75) is 52.7 Å². The number of β-amino-alcohol motifs (C(OH)–C–C–N with tert-alkyl or cyclic N) is 1. The topological polar surface area (TPSA) is 49.8 Å². The second kappa shape index (κ2) is 4.24. The molecule has 1 aliphatic heterocycles. The zero-order valence-electron chi connectivity index (χ0n) is 10.9. The predicted octanol–water partition coefficient (Wildman–Crippen LogP) is 2.01. The fourth-order valence-corrected chi connectivity index (χ4v) is 1.63. The van der Waals surface area contributed by atoms with Crippen molar-refractivity contribution in [3.63, 3.8) is 0 Å². The van der Waals surface area contributed by atoms with Crippen LogP contribution in [-0.2, 0) is 4.74 Å². The molecule has 1 fully saturated rings. The van der Waals surface area contributed by atoms with Crippen LogP contribution < -0.4 is 0 Å². The second-order valence-electron chi connectivity index (χ2n) is 6.18. The molecule has 0 aliphatic carbocycles. The van der Waals surface area contributed by atoms with E-state index in [0.717, 1.165) is 6.42 Å². The van der Waals surface area contributed by atoms with Crippen LogP contribution in [0.15, 0.2) is 0 Å². The standard InChI is InChI=1S/C12H23NO3/c1-11(2,3)16-10(15)13-7-6-12(4,5)9(14)8-13/h9,14H,6-8H2,1-5H3. The number of likely N-dealkylation sites (tertiary alicyclic amines) is 1. The Labute approximate surface area is 97.6 Å². The van der Waals surface area contributed by atoms with Gasteiger partial charge >= 0.3 is 6.09 Å². The Morgan fingerprint density at radius 3 is 2.44 bits per heavy atom. The number of hydrogen-bond donors (Lipinski definition) is 1. The number of carbonyl (C=O) groups excluding carboxylic acids is 1. The van der Waals surface area contributed by atoms with Crippen molar-refractivity contribution in [3.05, 3.63) is 0 Å². The lowest BCUT2D eigenvalue weighted by atomic mass is 9.80. The van der Waals surface area contributed by atoms with E-state index in [1.165, 1.54) is 0 Å². The van der Waals surface area contributed by atoms with E-state index in [2.05, 4.69) is 0 Å². The third-order valence-corrected chi connectivity index (χ3v) is 2.97. The molecule has 16 heavy (non-hydrogen) atoms. The average molecular weight is 229 g/mol. The predicted molar refractivity (Wildman–Crippen MR) is 62.2 cm³/mol. The summed E-state index contributed by atoms with van der Waals surface area (Å²) in [5, 5.41) is 9.91. The average Bonchev–Trinajstić information content (AvgIpc) is 2.06. The van der Waals surface area contributed by atoms with Crippen molar-refractivity contribution >= 4 is 6.09 Å². The van der Waals surface area contributed by atoms with Gasteiger partial charge in [-0.05, 0) is 32.6 Å². The number of aliphatic hydroxyl groups is 1. The van der Waals surface area contributed by atoms with Crippen molar-refractivity contribution in [3.8, 4) is 0 Å². The molecule has 0 saturated carbocycles. The van der Waals surface area contributed by atoms with Gasteiger partial charge in [0.2, 0.25) is 0 Å². The number of nitrogens with zero attached hydrogens (tertiary/aromatic N) is 1. The Morgan fingerprint density at radius 2 is 2.00 bits per heavy atom. The Bertz CT molecular complexity index is 268. The quantitative estimate of drug-likeness (QED) is 0.691. The molecule has 1 heterocycles. The third kappa shape index (κ3) is 3.37. The fourth-order valence-electron chi connectivity index (χ4n) is 1.63. The minimum Gasteiger partial charge on any atom is -0.444 e. The van der Waals surface area contributed by atoms with E-state index in [0.29, 0.717) is 13.1 Å². The first kappa shape index (κ1) is 13.3. The lowest BCUT2D eigenvalue weighted by molar-refractivity contribution is -0.0388. The molecular weight excluding hydrogens is 206 g/mol. The first-order valence-electron chi connectivity index (χ1n) is 5.78. The highest BCUT2D eigenvalue weighted by molar-refractivity contribution is 5.68. The van der Waals surface area contributed by atoms with Crippen molar-refractivity contribution in [1.82, 2.24) is 4.90 Å². The summed E-state index contributed by atoms with van der Waals surface area (Å²) in [6, 6.07) is 0. The highest BCUT2D eigenvalue weighted by atomic mass is 16.6. The minimum atomic E-state index is -0.478. The summed E-state index contributed by atoms with van der Waals surface area (Å²) in [6.07, 6.45) is -0.0104. The fraction of sp³-hybridized carbons (Fsp3) is 0.917. The van der Waals surface area contributed by atoms with Gasteiger partial charge in [0.25, 0.3) is 0 Å². The molecule has 0 aromatic rings. The summed E-state index contributed by atoms with van der Waals surface area (Å²) < 4.78 is 5.27. The maximum Gasteiger partial charge on any atom is 0.410 e. The molecule has 1 amide bonds. The largest absolute Gasteiger partial charge is 0.444 e. The molecule has 1 N–H and O–H groups in total. The second-order valence-corrected chi connectivity index (χ2v) is 6.18. The zero-order chi connectivity index (χ0) is 12.6. The summed E-state index contributed by atoms with van der Waals surface area (Å²) >= 11 is 0. The highest BCUT2D eigenvalue weighted by Gasteiger charge is 2.37. The summed E-state index contributed by atoms with van der Waals surface area (Å²) in [6.45, 7) is 10.6. The van der Waals surface area contributed by atoms with E-state index in [1.54, 1.807) is 4.90 Å². The molecule has 0 aromatic carbocycles. The molecule has 0 radical (unpaired) electrons. The molecule has 1 rings (SSSR count). The molecule has 4 nitrogen and oxygen atoms in total. The summed E-state index contributed by atoms with van der Waals surface area (Å²) in [4.78, 5) is 13.3. The van der Waals surface area contributed by atoms with Gasteiger partial charge in [-0.3, -0.25) is 0 Å². The molecule has 0 spiro atoms. The van der Waals surface area contributed by atoms with Gasteiger partial charge in [0.1, 0.15) is 5.60 Å². The number of amides is 1. The Balaban J connectivity index is 2.55. The van der Waals surface area contributed by atoms with Crippen LogP contribution in [0.25, 0.3) is 0 Å². The number of ether oxygens (including phenoxy) is 1. The van der Waals surface area contributed by atoms with Crippen LogP contribution in [0.4, 0.5) is 4.79 Å². The van der Waals surface area contributed by atoms with Gasteiger partial charge in [0.05, 0.1) is 12.6 Å². The number of piperidine rings is 1. The van der Waals surface area contributed by atoms with Gasteiger partial charge in [-0.15, -0.1) is 0 Å². The molecule has 4 heteroatoms. The van der Waals surface area contributed by atoms with E-state index in [-0.39, 0.29) is 11.5 Å². The Hall–Kier alpha value is -0.770. The lowest BCUT2D eigenvalue weighted by Crippen LogP contribution is -2.51. The van der Waals surface area contributed by atoms with Crippen LogP contribution in [0.5, 0.6) is 0 Å². The highest BCUT2D eigenvalue weighted by Crippen LogP contribution is 2.30. The van der Waals surface area contributed by atoms with Crippen LogP contribution in [0.1, 0.15) is 41.0 Å². The number of hydrogen-bond acceptors (Lipinski definition) is 3. The molecule has 1 atom stereocenters. The Morgan fingerprint density at radius 1 is 1.44 bits per heavy atom. The van der Waals surface area contributed by atoms with Crippen molar-refractivity contribution in [2.75, 3.05) is 13.1 Å². The number of aliphatic hydroxyl groups excluding tert-OH is 1. The van der Waals surface area contributed by atoms with E-state index in [1.807, 2.05) is 34.6 Å². The smallest absolute Gasteiger partial charge is 0.410 e. The van der Waals surface area contributed by atoms with Gasteiger partial charge < -0.3 is 14.7 Å². The normalized spacial score (nSPS) is 25.4. The van der Waals surface area contributed by atoms with Crippen molar-refractivity contribution < 1.29 is 14.6 Å². The zero-order valence-corrected chi connectivity index (χ0v) is 10.9. The molecule has 94 valence electrons. The monoisotopic (exact) mass is 229 g/mol. The van der Waals surface area contributed by atoms with Gasteiger partial charge in [0, 0.05) is 6.54 Å². The van der Waals surface area contributed by atoms with E-state index >= 15 is 0 Å². The van der Waals surface area contributed by atoms with E-state index < -0.39 is 11.7 Å². The van der Waals surface area contributed by atoms with Gasteiger partial charge in [-0.2, -0.15) is 0 Å². The first-order chi connectivity index (χ1) is 7.12. The maximum absolute atomic E-state index is 11.8. The van der Waals surface area contributed by atoms with Crippen LogP contribution in [0, 0.1) is 5.41 Å². The van der Waals surface area contributed by atoms with Crippen LogP contribution in [-0.4, -0.2) is 40.9 Å². The Kier molecular flexibility index (Phi) is 3.53. The maximum atomic E-state index is 11.8. The van der Waals surface area contributed by atoms with Crippen LogP contribution in [0.2, 0.25) is 0 Å². The minimum absolute atomic E-state index is 0.113. The third-order valence-electron chi connectivity index (χ3n) is 2.97. The van der Waals surface area contributed by atoms with Crippen molar-refractivity contribution in [1.29, 1.82) is 0 Å². The molecular formula is C12H23NO3. The van der Waals surface area contributed by atoms with Crippen LogP contribution >= 0.6 is 0 Å². The van der Waals surface area contributed by atoms with E-state index in [4.69, 9.17) is 4.74 Å². The number of carbonyl (C=O) groups is 1. The number of rotatable bonds is 0. The van der Waals surface area contributed by atoms with E-state index in [9.17, 15) is 9.90 Å². The molecule has 0 bridgehead atoms. The molecule has 1 aliphatic rings. The van der Waals surface area contributed by atoms with Crippen molar-refractivity contribution in [2.24, 2.45) is 5.41 Å². The SMILES string of the molecule is CC(C)(C)OC(=O)N1CCC(C)(C)C(O)C1. The molecule has 1 saturated heterocycles. The van der Waals surface area contributed by atoms with Gasteiger partial charge in [-0.25, -0.2) is 4.79 Å². The summed E-state index contributed by atoms with van der Waals surface area (Å²) in [5.41, 5.74) is -0.590. The van der Waals surface area contributed by atoms with Gasteiger partial charge in [-0.1, -0.05) is 13.8 Å². The summed E-state index contributed by atoms with van der Waals surface area (Å²) in [5.74, 6) is 0. The van der Waals surface area contributed by atoms with Gasteiger partial charge in [0.15, 0.2) is 0 Å².